The zero-order chi connectivity index (χ0) is 13.5. The van der Waals surface area contributed by atoms with Crippen molar-refractivity contribution in [3.05, 3.63) is 53.9 Å². The van der Waals surface area contributed by atoms with Gasteiger partial charge in [0.2, 0.25) is 0 Å². The van der Waals surface area contributed by atoms with Crippen molar-refractivity contribution in [1.82, 2.24) is 15.1 Å². The van der Waals surface area contributed by atoms with E-state index in [9.17, 15) is 5.11 Å². The Hall–Kier alpha value is -1.69. The van der Waals surface area contributed by atoms with E-state index in [1.807, 2.05) is 36.5 Å². The highest BCUT2D eigenvalue weighted by Crippen LogP contribution is 2.12. The zero-order valence-electron chi connectivity index (χ0n) is 10.7. The van der Waals surface area contributed by atoms with Gasteiger partial charge in [0, 0.05) is 18.3 Å². The lowest BCUT2D eigenvalue weighted by atomic mass is 10.1. The van der Waals surface area contributed by atoms with Crippen LogP contribution >= 0.6 is 0 Å². The predicted molar refractivity (Wildman–Crippen MR) is 72.4 cm³/mol. The summed E-state index contributed by atoms with van der Waals surface area (Å²) in [7, 11) is 0. The first kappa shape index (κ1) is 13.7. The molecule has 5 heteroatoms. The van der Waals surface area contributed by atoms with Crippen LogP contribution in [0.5, 0.6) is 0 Å². The van der Waals surface area contributed by atoms with Crippen LogP contribution in [0.2, 0.25) is 0 Å². The molecule has 0 saturated carbocycles. The molecule has 1 aromatic heterocycles. The van der Waals surface area contributed by atoms with E-state index in [4.69, 9.17) is 5.11 Å². The summed E-state index contributed by atoms with van der Waals surface area (Å²) in [4.78, 5) is 0. The molecule has 2 aromatic rings. The van der Waals surface area contributed by atoms with Crippen LogP contribution in [0.1, 0.15) is 17.2 Å². The summed E-state index contributed by atoms with van der Waals surface area (Å²) in [5.41, 5.74) is 2.09. The molecule has 0 bridgehead atoms. The number of hydrogen-bond donors (Lipinski definition) is 3. The summed E-state index contributed by atoms with van der Waals surface area (Å²) in [5, 5.41) is 25.7. The van der Waals surface area contributed by atoms with Gasteiger partial charge < -0.3 is 15.5 Å². The minimum absolute atomic E-state index is 0.0504. The van der Waals surface area contributed by atoms with Gasteiger partial charge >= 0.3 is 0 Å². The minimum atomic E-state index is -0.0811. The molecular formula is C14H19N3O2. The number of aromatic nitrogens is 2. The van der Waals surface area contributed by atoms with Gasteiger partial charge in [-0.25, -0.2) is 0 Å². The second-order valence-electron chi connectivity index (χ2n) is 4.36. The molecule has 0 aliphatic carbocycles. The maximum Gasteiger partial charge on any atom is 0.0640 e. The quantitative estimate of drug-likeness (QED) is 0.686. The van der Waals surface area contributed by atoms with E-state index in [0.717, 1.165) is 11.1 Å². The van der Waals surface area contributed by atoms with Gasteiger partial charge in [0.1, 0.15) is 0 Å². The molecule has 19 heavy (non-hydrogen) atoms. The first-order valence-corrected chi connectivity index (χ1v) is 6.35. The maximum atomic E-state index is 9.43. The Bertz CT molecular complexity index is 484. The molecular weight excluding hydrogens is 242 g/mol. The fourth-order valence-electron chi connectivity index (χ4n) is 1.94. The van der Waals surface area contributed by atoms with Crippen molar-refractivity contribution in [3.63, 3.8) is 0 Å². The Labute approximate surface area is 112 Å². The monoisotopic (exact) mass is 261 g/mol. The molecule has 102 valence electrons. The number of aliphatic hydroxyl groups is 2. The molecule has 0 aliphatic rings. The first-order valence-electron chi connectivity index (χ1n) is 6.35. The standard InChI is InChI=1S/C14H19N3O2/c18-7-6-17-10-12(9-16-17)8-15-14(11-19)13-4-2-1-3-5-13/h1-5,9-10,14-15,18-19H,6-8,11H2/t14-/m1/s1. The van der Waals surface area contributed by atoms with Crippen molar-refractivity contribution in [1.29, 1.82) is 0 Å². The highest BCUT2D eigenvalue weighted by molar-refractivity contribution is 5.19. The van der Waals surface area contributed by atoms with Crippen molar-refractivity contribution in [3.8, 4) is 0 Å². The fraction of sp³-hybridized carbons (Fsp3) is 0.357. The van der Waals surface area contributed by atoms with Gasteiger partial charge in [-0.3, -0.25) is 4.68 Å². The number of benzene rings is 1. The highest BCUT2D eigenvalue weighted by atomic mass is 16.3. The van der Waals surface area contributed by atoms with Crippen LogP contribution in [-0.4, -0.2) is 33.2 Å². The smallest absolute Gasteiger partial charge is 0.0640 e. The second-order valence-corrected chi connectivity index (χ2v) is 4.36. The van der Waals surface area contributed by atoms with Crippen molar-refractivity contribution >= 4 is 0 Å². The van der Waals surface area contributed by atoms with Gasteiger partial charge in [0.25, 0.3) is 0 Å². The molecule has 0 spiro atoms. The number of nitrogens with zero attached hydrogens (tertiary/aromatic N) is 2. The van der Waals surface area contributed by atoms with Crippen molar-refractivity contribution in [2.24, 2.45) is 0 Å². The van der Waals surface area contributed by atoms with Gasteiger partial charge in [0.05, 0.1) is 32.0 Å². The predicted octanol–water partition coefficient (Wildman–Crippen LogP) is 0.699. The maximum absolute atomic E-state index is 9.43. The summed E-state index contributed by atoms with van der Waals surface area (Å²) >= 11 is 0. The number of nitrogens with one attached hydrogen (secondary N) is 1. The van der Waals surface area contributed by atoms with Gasteiger partial charge in [-0.15, -0.1) is 0 Å². The third kappa shape index (κ3) is 3.89. The molecule has 2 rings (SSSR count). The largest absolute Gasteiger partial charge is 0.394 e. The topological polar surface area (TPSA) is 70.3 Å². The Morgan fingerprint density at radius 1 is 1.21 bits per heavy atom. The van der Waals surface area contributed by atoms with Gasteiger partial charge in [0.15, 0.2) is 0 Å². The van der Waals surface area contributed by atoms with E-state index in [1.54, 1.807) is 10.9 Å². The minimum Gasteiger partial charge on any atom is -0.394 e. The van der Waals surface area contributed by atoms with E-state index in [-0.39, 0.29) is 19.3 Å². The Balaban J connectivity index is 1.92. The van der Waals surface area contributed by atoms with Crippen molar-refractivity contribution < 1.29 is 10.2 Å². The molecule has 0 aliphatic heterocycles. The third-order valence-corrected chi connectivity index (χ3v) is 2.95. The van der Waals surface area contributed by atoms with Crippen LogP contribution in [0.3, 0.4) is 0 Å². The van der Waals surface area contributed by atoms with Crippen LogP contribution < -0.4 is 5.32 Å². The van der Waals surface area contributed by atoms with Crippen LogP contribution in [0.4, 0.5) is 0 Å². The van der Waals surface area contributed by atoms with Crippen molar-refractivity contribution in [2.75, 3.05) is 13.2 Å². The first-order chi connectivity index (χ1) is 9.33. The van der Waals surface area contributed by atoms with E-state index in [2.05, 4.69) is 10.4 Å². The number of hydrogen-bond acceptors (Lipinski definition) is 4. The third-order valence-electron chi connectivity index (χ3n) is 2.95. The lowest BCUT2D eigenvalue weighted by Gasteiger charge is -2.15. The average Bonchev–Trinajstić information content (AvgIpc) is 2.89. The Kier molecular flexibility index (Phi) is 5.09. The summed E-state index contributed by atoms with van der Waals surface area (Å²) < 4.78 is 1.70. The second kappa shape index (κ2) is 7.04. The lowest BCUT2D eigenvalue weighted by Crippen LogP contribution is -2.23. The summed E-state index contributed by atoms with van der Waals surface area (Å²) in [6, 6.07) is 9.77. The lowest BCUT2D eigenvalue weighted by molar-refractivity contribution is 0.243. The number of aliphatic hydroxyl groups excluding tert-OH is 2. The normalized spacial score (nSPS) is 12.5. The highest BCUT2D eigenvalue weighted by Gasteiger charge is 2.09. The molecule has 1 heterocycles. The Morgan fingerprint density at radius 3 is 2.68 bits per heavy atom. The molecule has 0 radical (unpaired) electrons. The van der Waals surface area contributed by atoms with E-state index < -0.39 is 0 Å². The summed E-state index contributed by atoms with van der Waals surface area (Å²) in [6.07, 6.45) is 3.66. The SMILES string of the molecule is OCCn1cc(CN[C@H](CO)c2ccccc2)cn1. The van der Waals surface area contributed by atoms with Crippen molar-refractivity contribution in [2.45, 2.75) is 19.1 Å². The molecule has 0 fully saturated rings. The van der Waals surface area contributed by atoms with Crippen LogP contribution in [0, 0.1) is 0 Å². The summed E-state index contributed by atoms with van der Waals surface area (Å²) in [5.74, 6) is 0. The zero-order valence-corrected chi connectivity index (χ0v) is 10.7. The van der Waals surface area contributed by atoms with Crippen LogP contribution in [0.25, 0.3) is 0 Å². The molecule has 0 saturated heterocycles. The van der Waals surface area contributed by atoms with Gasteiger partial charge in [-0.05, 0) is 5.56 Å². The Morgan fingerprint density at radius 2 is 2.00 bits per heavy atom. The average molecular weight is 261 g/mol. The molecule has 1 aromatic carbocycles. The fourth-order valence-corrected chi connectivity index (χ4v) is 1.94. The molecule has 0 unspecified atom stereocenters. The van der Waals surface area contributed by atoms with Crippen LogP contribution in [-0.2, 0) is 13.1 Å². The van der Waals surface area contributed by atoms with Gasteiger partial charge in [-0.2, -0.15) is 5.10 Å². The van der Waals surface area contributed by atoms with E-state index >= 15 is 0 Å². The van der Waals surface area contributed by atoms with Crippen LogP contribution in [0.15, 0.2) is 42.7 Å². The molecule has 5 nitrogen and oxygen atoms in total. The molecule has 3 N–H and O–H groups in total. The summed E-state index contributed by atoms with van der Waals surface area (Å²) in [6.45, 7) is 1.26. The molecule has 0 amide bonds. The number of rotatable bonds is 7. The van der Waals surface area contributed by atoms with Gasteiger partial charge in [-0.1, -0.05) is 30.3 Å². The van der Waals surface area contributed by atoms with E-state index in [1.165, 1.54) is 0 Å². The van der Waals surface area contributed by atoms with E-state index in [0.29, 0.717) is 13.1 Å². The molecule has 1 atom stereocenters.